The van der Waals surface area contributed by atoms with Crippen LogP contribution in [-0.4, -0.2) is 37.3 Å². The zero-order chi connectivity index (χ0) is 22.1. The summed E-state index contributed by atoms with van der Waals surface area (Å²) in [5, 5.41) is 3.14. The number of carbonyl (C=O) groups is 1. The van der Waals surface area contributed by atoms with E-state index in [4.69, 9.17) is 4.74 Å². The van der Waals surface area contributed by atoms with E-state index in [1.54, 1.807) is 18.2 Å². The fourth-order valence-electron chi connectivity index (χ4n) is 4.55. The summed E-state index contributed by atoms with van der Waals surface area (Å²) in [6.07, 6.45) is 4.11. The van der Waals surface area contributed by atoms with Crippen molar-refractivity contribution >= 4 is 15.9 Å². The molecule has 0 saturated carbocycles. The molecule has 6 nitrogen and oxygen atoms in total. The van der Waals surface area contributed by atoms with Gasteiger partial charge in [0.15, 0.2) is 0 Å². The molecule has 166 valence electrons. The first-order valence-electron chi connectivity index (χ1n) is 11.1. The Bertz CT molecular complexity index is 1060. The van der Waals surface area contributed by atoms with Gasteiger partial charge in [0.25, 0.3) is 5.91 Å². The second-order valence-corrected chi connectivity index (χ2v) is 10.3. The van der Waals surface area contributed by atoms with Gasteiger partial charge in [-0.05, 0) is 49.9 Å². The standard InChI is InChI=1S/C24H30N2O4S/c1-3-24(4-2)17-21(20-12-5-6-13-22(20)30-24)25-23(27)18-10-9-11-19(16-18)31(28,29)26-14-7-8-15-26/h5-6,9-13,16,21H,3-4,7-8,14-15,17H2,1-2H3,(H,25,27)/t21-/m0/s1. The van der Waals surface area contributed by atoms with Crippen molar-refractivity contribution in [2.75, 3.05) is 13.1 Å². The van der Waals surface area contributed by atoms with E-state index in [0.717, 1.165) is 37.0 Å². The average Bonchev–Trinajstić information content (AvgIpc) is 3.35. The summed E-state index contributed by atoms with van der Waals surface area (Å²) in [5.41, 5.74) is 0.977. The molecule has 4 rings (SSSR count). The number of benzene rings is 2. The van der Waals surface area contributed by atoms with Crippen molar-refractivity contribution in [3.63, 3.8) is 0 Å². The first kappa shape index (κ1) is 21.8. The number of sulfonamides is 1. The third kappa shape index (κ3) is 4.21. The summed E-state index contributed by atoms with van der Waals surface area (Å²) in [4.78, 5) is 13.3. The van der Waals surface area contributed by atoms with E-state index in [1.165, 1.54) is 10.4 Å². The molecule has 0 aliphatic carbocycles. The van der Waals surface area contributed by atoms with E-state index in [0.29, 0.717) is 25.1 Å². The number of nitrogens with one attached hydrogen (secondary N) is 1. The van der Waals surface area contributed by atoms with E-state index in [1.807, 2.05) is 24.3 Å². The fourth-order valence-corrected chi connectivity index (χ4v) is 6.11. The first-order valence-corrected chi connectivity index (χ1v) is 12.5. The summed E-state index contributed by atoms with van der Waals surface area (Å²) in [6, 6.07) is 13.9. The van der Waals surface area contributed by atoms with Crippen LogP contribution in [0.2, 0.25) is 0 Å². The quantitative estimate of drug-likeness (QED) is 0.724. The zero-order valence-electron chi connectivity index (χ0n) is 18.1. The number of hydrogen-bond acceptors (Lipinski definition) is 4. The van der Waals surface area contributed by atoms with E-state index >= 15 is 0 Å². The Morgan fingerprint density at radius 1 is 1.10 bits per heavy atom. The highest BCUT2D eigenvalue weighted by Gasteiger charge is 2.39. The molecule has 2 aliphatic heterocycles. The van der Waals surface area contributed by atoms with Crippen LogP contribution in [0.15, 0.2) is 53.4 Å². The number of fused-ring (bicyclic) bond motifs is 1. The van der Waals surface area contributed by atoms with Gasteiger partial charge in [0.05, 0.1) is 10.9 Å². The van der Waals surface area contributed by atoms with Crippen molar-refractivity contribution in [3.8, 4) is 5.75 Å². The number of hydrogen-bond donors (Lipinski definition) is 1. The lowest BCUT2D eigenvalue weighted by molar-refractivity contribution is 0.0227. The number of rotatable bonds is 6. The summed E-state index contributed by atoms with van der Waals surface area (Å²) in [7, 11) is -3.57. The molecular weight excluding hydrogens is 412 g/mol. The van der Waals surface area contributed by atoms with Crippen LogP contribution in [0.5, 0.6) is 5.75 Å². The van der Waals surface area contributed by atoms with Gasteiger partial charge in [0, 0.05) is 30.6 Å². The van der Waals surface area contributed by atoms with Gasteiger partial charge in [-0.25, -0.2) is 8.42 Å². The lowest BCUT2D eigenvalue weighted by Crippen LogP contribution is -2.44. The van der Waals surface area contributed by atoms with Crippen molar-refractivity contribution < 1.29 is 17.9 Å². The van der Waals surface area contributed by atoms with Gasteiger partial charge in [-0.3, -0.25) is 4.79 Å². The van der Waals surface area contributed by atoms with Gasteiger partial charge in [0.1, 0.15) is 11.4 Å². The molecule has 2 heterocycles. The summed E-state index contributed by atoms with van der Waals surface area (Å²) >= 11 is 0. The SMILES string of the molecule is CCC1(CC)C[C@H](NC(=O)c2cccc(S(=O)(=O)N3CCCC3)c2)c2ccccc2O1. The van der Waals surface area contributed by atoms with Crippen LogP contribution in [0.1, 0.15) is 67.9 Å². The van der Waals surface area contributed by atoms with Crippen molar-refractivity contribution in [2.24, 2.45) is 0 Å². The topological polar surface area (TPSA) is 75.7 Å². The molecule has 1 N–H and O–H groups in total. The molecule has 0 spiro atoms. The maximum atomic E-state index is 13.2. The van der Waals surface area contributed by atoms with Crippen LogP contribution in [0.3, 0.4) is 0 Å². The molecule has 2 aromatic carbocycles. The van der Waals surface area contributed by atoms with Gasteiger partial charge in [0.2, 0.25) is 10.0 Å². The molecule has 1 fully saturated rings. The average molecular weight is 443 g/mol. The number of carbonyl (C=O) groups excluding carboxylic acids is 1. The molecule has 1 amide bonds. The predicted octanol–water partition coefficient (Wildman–Crippen LogP) is 4.28. The Kier molecular flexibility index (Phi) is 6.08. The fraction of sp³-hybridized carbons (Fsp3) is 0.458. The Morgan fingerprint density at radius 3 is 2.52 bits per heavy atom. The summed E-state index contributed by atoms with van der Waals surface area (Å²) in [6.45, 7) is 5.27. The zero-order valence-corrected chi connectivity index (χ0v) is 19.0. The van der Waals surface area contributed by atoms with Gasteiger partial charge < -0.3 is 10.1 Å². The first-order chi connectivity index (χ1) is 14.9. The number of para-hydroxylation sites is 1. The van der Waals surface area contributed by atoms with Crippen LogP contribution in [0.25, 0.3) is 0 Å². The molecule has 0 bridgehead atoms. The smallest absolute Gasteiger partial charge is 0.251 e. The highest BCUT2D eigenvalue weighted by Crippen LogP contribution is 2.42. The van der Waals surface area contributed by atoms with Gasteiger partial charge in [-0.1, -0.05) is 38.1 Å². The second-order valence-electron chi connectivity index (χ2n) is 8.40. The molecule has 0 aromatic heterocycles. The van der Waals surface area contributed by atoms with Crippen molar-refractivity contribution in [3.05, 3.63) is 59.7 Å². The van der Waals surface area contributed by atoms with Gasteiger partial charge in [-0.2, -0.15) is 4.31 Å². The number of ether oxygens (including phenoxy) is 1. The lowest BCUT2D eigenvalue weighted by atomic mass is 9.83. The van der Waals surface area contributed by atoms with Crippen molar-refractivity contribution in [1.29, 1.82) is 0 Å². The van der Waals surface area contributed by atoms with E-state index in [2.05, 4.69) is 19.2 Å². The van der Waals surface area contributed by atoms with Crippen LogP contribution < -0.4 is 10.1 Å². The van der Waals surface area contributed by atoms with Crippen LogP contribution in [0.4, 0.5) is 0 Å². The molecule has 0 unspecified atom stereocenters. The summed E-state index contributed by atoms with van der Waals surface area (Å²) < 4.78 is 33.6. The minimum absolute atomic E-state index is 0.172. The summed E-state index contributed by atoms with van der Waals surface area (Å²) in [5.74, 6) is 0.523. The number of amides is 1. The minimum atomic E-state index is -3.57. The minimum Gasteiger partial charge on any atom is -0.487 e. The lowest BCUT2D eigenvalue weighted by Gasteiger charge is -2.41. The molecule has 0 radical (unpaired) electrons. The Morgan fingerprint density at radius 2 is 1.81 bits per heavy atom. The molecule has 1 atom stereocenters. The highest BCUT2D eigenvalue weighted by molar-refractivity contribution is 7.89. The van der Waals surface area contributed by atoms with Crippen LogP contribution >= 0.6 is 0 Å². The monoisotopic (exact) mass is 442 g/mol. The van der Waals surface area contributed by atoms with Crippen LogP contribution in [0, 0.1) is 0 Å². The van der Waals surface area contributed by atoms with Crippen molar-refractivity contribution in [2.45, 2.75) is 62.5 Å². The largest absolute Gasteiger partial charge is 0.487 e. The molecule has 7 heteroatoms. The molecule has 2 aromatic rings. The predicted molar refractivity (Wildman–Crippen MR) is 120 cm³/mol. The maximum Gasteiger partial charge on any atom is 0.251 e. The van der Waals surface area contributed by atoms with Gasteiger partial charge >= 0.3 is 0 Å². The molecule has 31 heavy (non-hydrogen) atoms. The van der Waals surface area contributed by atoms with E-state index in [9.17, 15) is 13.2 Å². The Labute approximate surface area is 184 Å². The van der Waals surface area contributed by atoms with E-state index < -0.39 is 10.0 Å². The maximum absolute atomic E-state index is 13.2. The molecule has 1 saturated heterocycles. The van der Waals surface area contributed by atoms with Gasteiger partial charge in [-0.15, -0.1) is 0 Å². The van der Waals surface area contributed by atoms with Crippen LogP contribution in [-0.2, 0) is 10.0 Å². The number of nitrogens with zero attached hydrogens (tertiary/aromatic N) is 1. The third-order valence-electron chi connectivity index (χ3n) is 6.59. The third-order valence-corrected chi connectivity index (χ3v) is 8.48. The Balaban J connectivity index is 1.60. The Hall–Kier alpha value is -2.38. The molecule has 2 aliphatic rings. The molecular formula is C24H30N2O4S. The van der Waals surface area contributed by atoms with Crippen molar-refractivity contribution in [1.82, 2.24) is 9.62 Å². The normalized spacial score (nSPS) is 20.6. The second kappa shape index (κ2) is 8.63. The highest BCUT2D eigenvalue weighted by atomic mass is 32.2. The van der Waals surface area contributed by atoms with E-state index in [-0.39, 0.29) is 22.4 Å².